The molecule has 0 fully saturated rings. The van der Waals surface area contributed by atoms with Gasteiger partial charge < -0.3 is 10.1 Å². The minimum atomic E-state index is -0.528. The van der Waals surface area contributed by atoms with Crippen molar-refractivity contribution in [1.29, 1.82) is 0 Å². The zero-order chi connectivity index (χ0) is 15.1. The predicted molar refractivity (Wildman–Crippen MR) is 80.9 cm³/mol. The Labute approximate surface area is 128 Å². The lowest BCUT2D eigenvalue weighted by Gasteiger charge is -2.27. The number of rotatable bonds is 8. The maximum absolute atomic E-state index is 14.1. The van der Waals surface area contributed by atoms with E-state index in [9.17, 15) is 8.78 Å². The second-order valence-corrected chi connectivity index (χ2v) is 5.61. The Morgan fingerprint density at radius 1 is 1.30 bits per heavy atom. The molecular weight excluding hydrogens is 328 g/mol. The zero-order valence-corrected chi connectivity index (χ0v) is 13.8. The van der Waals surface area contributed by atoms with Crippen LogP contribution in [0.15, 0.2) is 16.6 Å². The van der Waals surface area contributed by atoms with Crippen LogP contribution >= 0.6 is 15.9 Å². The van der Waals surface area contributed by atoms with Crippen molar-refractivity contribution in [3.8, 4) is 0 Å². The number of halogens is 3. The van der Waals surface area contributed by atoms with Gasteiger partial charge in [-0.2, -0.15) is 0 Å². The summed E-state index contributed by atoms with van der Waals surface area (Å²) in [6.07, 6.45) is 2.02. The second-order valence-electron chi connectivity index (χ2n) is 4.75. The van der Waals surface area contributed by atoms with E-state index in [1.54, 1.807) is 7.11 Å². The topological polar surface area (TPSA) is 21.3 Å². The first-order valence-electron chi connectivity index (χ1n) is 6.93. The Hall–Kier alpha value is -0.520. The summed E-state index contributed by atoms with van der Waals surface area (Å²) in [6.45, 7) is 4.76. The number of likely N-dealkylation sites (N-methyl/N-ethyl adjacent to an activating group) is 1. The van der Waals surface area contributed by atoms with Gasteiger partial charge in [-0.15, -0.1) is 0 Å². The van der Waals surface area contributed by atoms with Crippen molar-refractivity contribution < 1.29 is 13.5 Å². The molecule has 0 bridgehead atoms. The molecule has 0 aliphatic rings. The van der Waals surface area contributed by atoms with Crippen LogP contribution in [-0.4, -0.2) is 25.8 Å². The number of ether oxygens (including phenoxy) is 1. The SMILES string of the molecule is CCCC(OC)C(Cc1c(F)ccc(Br)c1F)NCC. The van der Waals surface area contributed by atoms with Gasteiger partial charge in [0.25, 0.3) is 0 Å². The van der Waals surface area contributed by atoms with Gasteiger partial charge >= 0.3 is 0 Å². The maximum atomic E-state index is 14.1. The van der Waals surface area contributed by atoms with Gasteiger partial charge in [-0.25, -0.2) is 8.78 Å². The molecule has 0 amide bonds. The van der Waals surface area contributed by atoms with Crippen LogP contribution in [0.4, 0.5) is 8.78 Å². The van der Waals surface area contributed by atoms with Gasteiger partial charge in [0.05, 0.1) is 10.6 Å². The third-order valence-electron chi connectivity index (χ3n) is 3.35. The van der Waals surface area contributed by atoms with Gasteiger partial charge in [0, 0.05) is 18.7 Å². The Balaban J connectivity index is 2.98. The molecule has 0 spiro atoms. The lowest BCUT2D eigenvalue weighted by atomic mass is 9.97. The highest BCUT2D eigenvalue weighted by molar-refractivity contribution is 9.10. The monoisotopic (exact) mass is 349 g/mol. The number of hydrogen-bond donors (Lipinski definition) is 1. The van der Waals surface area contributed by atoms with Crippen molar-refractivity contribution in [1.82, 2.24) is 5.32 Å². The average Bonchev–Trinajstić information content (AvgIpc) is 2.44. The first kappa shape index (κ1) is 17.5. The summed E-state index contributed by atoms with van der Waals surface area (Å²) in [6, 6.07) is 2.56. The highest BCUT2D eigenvalue weighted by Gasteiger charge is 2.24. The Morgan fingerprint density at radius 3 is 2.55 bits per heavy atom. The van der Waals surface area contributed by atoms with Crippen LogP contribution in [0.1, 0.15) is 32.3 Å². The van der Waals surface area contributed by atoms with Crippen LogP contribution < -0.4 is 5.32 Å². The van der Waals surface area contributed by atoms with Crippen LogP contribution in [-0.2, 0) is 11.2 Å². The quantitative estimate of drug-likeness (QED) is 0.714. The third-order valence-corrected chi connectivity index (χ3v) is 3.97. The van der Waals surface area contributed by atoms with E-state index in [0.717, 1.165) is 19.4 Å². The largest absolute Gasteiger partial charge is 0.380 e. The first-order chi connectivity index (χ1) is 9.54. The average molecular weight is 350 g/mol. The Kier molecular flexibility index (Phi) is 7.62. The Morgan fingerprint density at radius 2 is 2.00 bits per heavy atom. The minimum Gasteiger partial charge on any atom is -0.380 e. The van der Waals surface area contributed by atoms with Gasteiger partial charge in [0.1, 0.15) is 11.6 Å². The van der Waals surface area contributed by atoms with Crippen molar-refractivity contribution in [2.24, 2.45) is 0 Å². The molecule has 0 aromatic heterocycles. The van der Waals surface area contributed by atoms with E-state index in [-0.39, 0.29) is 28.6 Å². The number of hydrogen-bond acceptors (Lipinski definition) is 2. The lowest BCUT2D eigenvalue weighted by Crippen LogP contribution is -2.43. The van der Waals surface area contributed by atoms with E-state index in [1.165, 1.54) is 12.1 Å². The normalized spacial score (nSPS) is 14.3. The van der Waals surface area contributed by atoms with Crippen LogP contribution in [0, 0.1) is 11.6 Å². The van der Waals surface area contributed by atoms with Crippen LogP contribution in [0.3, 0.4) is 0 Å². The standard InChI is InChI=1S/C15H22BrF2NO/c1-4-6-14(20-3)13(19-5-2)9-10-12(17)8-7-11(16)15(10)18/h7-8,13-14,19H,4-6,9H2,1-3H3. The summed E-state index contributed by atoms with van der Waals surface area (Å²) in [5.74, 6) is -1.04. The number of benzene rings is 1. The van der Waals surface area contributed by atoms with Gasteiger partial charge in [-0.3, -0.25) is 0 Å². The molecule has 2 atom stereocenters. The molecule has 20 heavy (non-hydrogen) atoms. The molecular formula is C15H22BrF2NO. The molecule has 0 heterocycles. The smallest absolute Gasteiger partial charge is 0.143 e. The van der Waals surface area contributed by atoms with Gasteiger partial charge in [-0.1, -0.05) is 20.3 Å². The zero-order valence-electron chi connectivity index (χ0n) is 12.2. The predicted octanol–water partition coefficient (Wildman–Crippen LogP) is 4.06. The summed E-state index contributed by atoms with van der Waals surface area (Å²) in [5, 5.41) is 3.27. The summed E-state index contributed by atoms with van der Waals surface area (Å²) < 4.78 is 33.7. The molecule has 0 aliphatic carbocycles. The third kappa shape index (κ3) is 4.50. The summed E-state index contributed by atoms with van der Waals surface area (Å²) in [7, 11) is 1.64. The molecule has 1 aromatic carbocycles. The van der Waals surface area contributed by atoms with Crippen LogP contribution in [0.2, 0.25) is 0 Å². The first-order valence-corrected chi connectivity index (χ1v) is 7.72. The molecule has 5 heteroatoms. The van der Waals surface area contributed by atoms with Gasteiger partial charge in [0.2, 0.25) is 0 Å². The Bertz CT molecular complexity index is 429. The molecule has 1 aromatic rings. The van der Waals surface area contributed by atoms with E-state index in [4.69, 9.17) is 4.74 Å². The molecule has 114 valence electrons. The van der Waals surface area contributed by atoms with Crippen molar-refractivity contribution >= 4 is 15.9 Å². The van der Waals surface area contributed by atoms with E-state index in [0.29, 0.717) is 0 Å². The molecule has 2 unspecified atom stereocenters. The molecule has 0 aliphatic heterocycles. The van der Waals surface area contributed by atoms with Crippen LogP contribution in [0.5, 0.6) is 0 Å². The van der Waals surface area contributed by atoms with Crippen molar-refractivity contribution in [2.75, 3.05) is 13.7 Å². The fourth-order valence-corrected chi connectivity index (χ4v) is 2.71. The fraction of sp³-hybridized carbons (Fsp3) is 0.600. The molecule has 1 N–H and O–H groups in total. The van der Waals surface area contributed by atoms with Crippen molar-refractivity contribution in [2.45, 2.75) is 45.3 Å². The molecule has 2 nitrogen and oxygen atoms in total. The lowest BCUT2D eigenvalue weighted by molar-refractivity contribution is 0.0609. The van der Waals surface area contributed by atoms with Gasteiger partial charge in [-0.05, 0) is 47.4 Å². The van der Waals surface area contributed by atoms with E-state index in [2.05, 4.69) is 28.2 Å². The fourth-order valence-electron chi connectivity index (χ4n) is 2.34. The summed E-state index contributed by atoms with van der Waals surface area (Å²) >= 11 is 3.10. The van der Waals surface area contributed by atoms with Gasteiger partial charge in [0.15, 0.2) is 0 Å². The highest BCUT2D eigenvalue weighted by atomic mass is 79.9. The summed E-state index contributed by atoms with van der Waals surface area (Å²) in [4.78, 5) is 0. The van der Waals surface area contributed by atoms with E-state index in [1.807, 2.05) is 6.92 Å². The van der Waals surface area contributed by atoms with Crippen molar-refractivity contribution in [3.63, 3.8) is 0 Å². The highest BCUT2D eigenvalue weighted by Crippen LogP contribution is 2.24. The van der Waals surface area contributed by atoms with E-state index < -0.39 is 11.6 Å². The molecule has 1 rings (SSSR count). The number of nitrogens with one attached hydrogen (secondary N) is 1. The van der Waals surface area contributed by atoms with E-state index >= 15 is 0 Å². The van der Waals surface area contributed by atoms with Crippen molar-refractivity contribution in [3.05, 3.63) is 33.8 Å². The molecule has 0 radical (unpaired) electrons. The number of methoxy groups -OCH3 is 1. The molecule has 0 saturated carbocycles. The summed E-state index contributed by atoms with van der Waals surface area (Å²) in [5.41, 5.74) is 0.100. The van der Waals surface area contributed by atoms with Crippen LogP contribution in [0.25, 0.3) is 0 Å². The molecule has 0 saturated heterocycles. The minimum absolute atomic E-state index is 0.0577. The second kappa shape index (κ2) is 8.70. The maximum Gasteiger partial charge on any atom is 0.143 e.